The molecular formula is C20H24N2O2. The molecule has 4 unspecified atom stereocenters. The molecule has 3 saturated heterocycles. The molecule has 3 aliphatic rings. The Labute approximate surface area is 142 Å². The molecule has 0 saturated carbocycles. The highest BCUT2D eigenvalue weighted by Crippen LogP contribution is 2.42. The zero-order valence-corrected chi connectivity index (χ0v) is 14.1. The van der Waals surface area contributed by atoms with Gasteiger partial charge in [-0.1, -0.05) is 6.08 Å². The van der Waals surface area contributed by atoms with Gasteiger partial charge in [0.1, 0.15) is 5.75 Å². The van der Waals surface area contributed by atoms with E-state index in [2.05, 4.69) is 22.5 Å². The van der Waals surface area contributed by atoms with E-state index in [1.54, 1.807) is 13.3 Å². The first-order valence-electron chi connectivity index (χ1n) is 8.68. The maximum atomic E-state index is 11.2. The number of piperidine rings is 3. The number of rotatable bonds is 4. The van der Waals surface area contributed by atoms with Gasteiger partial charge in [0, 0.05) is 24.2 Å². The lowest BCUT2D eigenvalue weighted by atomic mass is 9.73. The van der Waals surface area contributed by atoms with E-state index in [0.717, 1.165) is 41.7 Å². The number of aliphatic hydroxyl groups excluding tert-OH is 1. The first kappa shape index (κ1) is 15.6. The van der Waals surface area contributed by atoms with Gasteiger partial charge in [-0.2, -0.15) is 0 Å². The Balaban J connectivity index is 1.69. The van der Waals surface area contributed by atoms with Crippen LogP contribution in [0.2, 0.25) is 0 Å². The number of hydrogen-bond acceptors (Lipinski definition) is 4. The molecule has 1 aromatic heterocycles. The Hall–Kier alpha value is -1.91. The van der Waals surface area contributed by atoms with Crippen LogP contribution >= 0.6 is 0 Å². The third kappa shape index (κ3) is 2.50. The molecule has 3 aliphatic heterocycles. The van der Waals surface area contributed by atoms with Gasteiger partial charge >= 0.3 is 0 Å². The second-order valence-electron chi connectivity index (χ2n) is 6.97. The first-order valence-corrected chi connectivity index (χ1v) is 8.68. The molecule has 0 aliphatic carbocycles. The first-order chi connectivity index (χ1) is 11.7. The summed E-state index contributed by atoms with van der Waals surface area (Å²) in [6.07, 6.45) is 5.62. The maximum absolute atomic E-state index is 11.2. The summed E-state index contributed by atoms with van der Waals surface area (Å²) >= 11 is 0. The topological polar surface area (TPSA) is 45.6 Å². The third-order valence-corrected chi connectivity index (χ3v) is 5.82. The highest BCUT2D eigenvalue weighted by molar-refractivity contribution is 5.83. The molecule has 0 radical (unpaired) electrons. The van der Waals surface area contributed by atoms with Crippen LogP contribution in [0.5, 0.6) is 5.75 Å². The summed E-state index contributed by atoms with van der Waals surface area (Å²) < 4.78 is 5.35. The summed E-state index contributed by atoms with van der Waals surface area (Å²) in [5, 5.41) is 12.1. The smallest absolute Gasteiger partial charge is 0.119 e. The molecule has 126 valence electrons. The van der Waals surface area contributed by atoms with Crippen LogP contribution in [0.1, 0.15) is 24.5 Å². The Kier molecular flexibility index (Phi) is 4.02. The zero-order valence-electron chi connectivity index (χ0n) is 14.1. The molecule has 4 heterocycles. The molecule has 2 bridgehead atoms. The van der Waals surface area contributed by atoms with Crippen LogP contribution in [-0.2, 0) is 0 Å². The van der Waals surface area contributed by atoms with Crippen molar-refractivity contribution in [2.24, 2.45) is 11.8 Å². The quantitative estimate of drug-likeness (QED) is 0.878. The van der Waals surface area contributed by atoms with Crippen molar-refractivity contribution < 1.29 is 9.84 Å². The van der Waals surface area contributed by atoms with E-state index in [0.29, 0.717) is 11.8 Å². The van der Waals surface area contributed by atoms with Crippen LogP contribution in [0, 0.1) is 11.8 Å². The van der Waals surface area contributed by atoms with Crippen molar-refractivity contribution in [2.75, 3.05) is 20.2 Å². The van der Waals surface area contributed by atoms with E-state index in [1.807, 2.05) is 24.3 Å². The van der Waals surface area contributed by atoms with Crippen LogP contribution in [-0.4, -0.2) is 41.2 Å². The Morgan fingerprint density at radius 3 is 3.00 bits per heavy atom. The summed E-state index contributed by atoms with van der Waals surface area (Å²) in [7, 11) is 1.66. The number of aliphatic hydroxyl groups is 1. The van der Waals surface area contributed by atoms with Crippen molar-refractivity contribution in [1.29, 1.82) is 0 Å². The van der Waals surface area contributed by atoms with Gasteiger partial charge in [-0.3, -0.25) is 9.88 Å². The summed E-state index contributed by atoms with van der Waals surface area (Å²) in [4.78, 5) is 6.86. The fourth-order valence-corrected chi connectivity index (χ4v) is 4.44. The lowest BCUT2D eigenvalue weighted by Gasteiger charge is -2.50. The fourth-order valence-electron chi connectivity index (χ4n) is 4.44. The number of hydrogen-bond donors (Lipinski definition) is 1. The second kappa shape index (κ2) is 6.19. The largest absolute Gasteiger partial charge is 0.497 e. The van der Waals surface area contributed by atoms with E-state index < -0.39 is 6.10 Å². The van der Waals surface area contributed by atoms with Gasteiger partial charge in [0.05, 0.1) is 18.7 Å². The number of pyridine rings is 1. The van der Waals surface area contributed by atoms with Gasteiger partial charge in [0.25, 0.3) is 0 Å². The van der Waals surface area contributed by atoms with Crippen molar-refractivity contribution in [2.45, 2.75) is 25.0 Å². The minimum Gasteiger partial charge on any atom is -0.497 e. The van der Waals surface area contributed by atoms with Crippen LogP contribution in [0.25, 0.3) is 10.9 Å². The Morgan fingerprint density at radius 2 is 2.29 bits per heavy atom. The molecule has 5 atom stereocenters. The second-order valence-corrected chi connectivity index (χ2v) is 6.97. The number of benzene rings is 1. The third-order valence-electron chi connectivity index (χ3n) is 5.82. The van der Waals surface area contributed by atoms with Gasteiger partial charge in [-0.25, -0.2) is 0 Å². The summed E-state index contributed by atoms with van der Waals surface area (Å²) in [5.41, 5.74) is 1.85. The van der Waals surface area contributed by atoms with Gasteiger partial charge in [-0.05, 0) is 61.1 Å². The molecule has 2 aromatic rings. The monoisotopic (exact) mass is 324 g/mol. The van der Waals surface area contributed by atoms with E-state index in [4.69, 9.17) is 4.74 Å². The molecular weight excluding hydrogens is 300 g/mol. The molecule has 4 nitrogen and oxygen atoms in total. The van der Waals surface area contributed by atoms with Crippen LogP contribution in [0.15, 0.2) is 43.1 Å². The summed E-state index contributed by atoms with van der Waals surface area (Å²) in [6.45, 7) is 6.07. The van der Waals surface area contributed by atoms with Crippen LogP contribution in [0.4, 0.5) is 0 Å². The average Bonchev–Trinajstić information content (AvgIpc) is 2.66. The molecule has 0 spiro atoms. The van der Waals surface area contributed by atoms with Gasteiger partial charge in [-0.15, -0.1) is 6.58 Å². The lowest BCUT2D eigenvalue weighted by molar-refractivity contribution is -0.0444. The number of nitrogens with zero attached hydrogens (tertiary/aromatic N) is 2. The molecule has 1 N–H and O–H groups in total. The van der Waals surface area contributed by atoms with Crippen molar-refractivity contribution >= 4 is 10.9 Å². The minimum absolute atomic E-state index is 0.178. The lowest BCUT2D eigenvalue weighted by Crippen LogP contribution is -2.54. The molecule has 3 fully saturated rings. The van der Waals surface area contributed by atoms with E-state index in [-0.39, 0.29) is 6.04 Å². The Bertz CT molecular complexity index is 760. The van der Waals surface area contributed by atoms with Gasteiger partial charge < -0.3 is 9.84 Å². The van der Waals surface area contributed by atoms with Crippen molar-refractivity contribution in [3.8, 4) is 5.75 Å². The van der Waals surface area contributed by atoms with Crippen molar-refractivity contribution in [3.05, 3.63) is 48.7 Å². The summed E-state index contributed by atoms with van der Waals surface area (Å²) in [5.74, 6) is 2.01. The molecule has 0 amide bonds. The molecule has 1 aromatic carbocycles. The number of fused-ring (bicyclic) bond motifs is 4. The summed E-state index contributed by atoms with van der Waals surface area (Å²) in [6, 6.07) is 7.96. The van der Waals surface area contributed by atoms with E-state index in [1.165, 1.54) is 6.42 Å². The van der Waals surface area contributed by atoms with E-state index >= 15 is 0 Å². The normalized spacial score (nSPS) is 30.2. The fraction of sp³-hybridized carbons (Fsp3) is 0.450. The Morgan fingerprint density at radius 1 is 1.42 bits per heavy atom. The molecule has 4 heteroatoms. The van der Waals surface area contributed by atoms with Crippen molar-refractivity contribution in [1.82, 2.24) is 9.88 Å². The maximum Gasteiger partial charge on any atom is 0.119 e. The van der Waals surface area contributed by atoms with Gasteiger partial charge in [0.15, 0.2) is 0 Å². The van der Waals surface area contributed by atoms with Gasteiger partial charge in [0.2, 0.25) is 0 Å². The average molecular weight is 324 g/mol. The predicted octanol–water partition coefficient (Wildman–Crippen LogP) is 3.17. The van der Waals surface area contributed by atoms with Crippen LogP contribution < -0.4 is 4.74 Å². The highest BCUT2D eigenvalue weighted by atomic mass is 16.5. The zero-order chi connectivity index (χ0) is 16.7. The minimum atomic E-state index is -0.504. The number of ether oxygens (including phenoxy) is 1. The van der Waals surface area contributed by atoms with E-state index in [9.17, 15) is 5.11 Å². The van der Waals surface area contributed by atoms with Crippen molar-refractivity contribution in [3.63, 3.8) is 0 Å². The molecule has 24 heavy (non-hydrogen) atoms. The number of aromatic nitrogens is 1. The predicted molar refractivity (Wildman–Crippen MR) is 95.0 cm³/mol. The molecule has 5 rings (SSSR count). The standard InChI is InChI=1S/C20H24N2O2/c1-3-13-12-22-9-7-14(13)10-19(22)20(23)16-6-8-21-18-5-4-15(24-2)11-17(16)18/h3-6,8,11,13-14,19-20,23H,1,7,9-10,12H2,2H3/t13?,14?,19-,20?/m0/s1. The highest BCUT2D eigenvalue weighted by Gasteiger charge is 2.42. The SMILES string of the molecule is C=CC1CN2CCC1C[C@H]2C(O)c1ccnc2ccc(OC)cc12. The van der Waals surface area contributed by atoms with Crippen LogP contribution in [0.3, 0.4) is 0 Å². The number of methoxy groups -OCH3 is 1.